The zero-order valence-electron chi connectivity index (χ0n) is 14.9. The van der Waals surface area contributed by atoms with Crippen LogP contribution in [-0.2, 0) is 9.59 Å². The van der Waals surface area contributed by atoms with Gasteiger partial charge in [-0.3, -0.25) is 9.59 Å². The Hall–Kier alpha value is -2.28. The van der Waals surface area contributed by atoms with Crippen LogP contribution in [0.25, 0.3) is 5.57 Å². The first-order chi connectivity index (χ1) is 13.0. The summed E-state index contributed by atoms with van der Waals surface area (Å²) < 4.78 is 5.16. The number of amides is 2. The Kier molecular flexibility index (Phi) is 5.89. The molecule has 0 saturated heterocycles. The second-order valence-corrected chi connectivity index (χ2v) is 7.40. The number of nitrogens with zero attached hydrogens (tertiary/aromatic N) is 1. The van der Waals surface area contributed by atoms with E-state index in [1.54, 1.807) is 49.6 Å². The van der Waals surface area contributed by atoms with Crippen LogP contribution < -0.4 is 9.64 Å². The van der Waals surface area contributed by atoms with Crippen LogP contribution in [0.2, 0.25) is 5.02 Å². The molecule has 140 valence electrons. The lowest BCUT2D eigenvalue weighted by Gasteiger charge is -2.16. The van der Waals surface area contributed by atoms with Gasteiger partial charge in [0.15, 0.2) is 0 Å². The van der Waals surface area contributed by atoms with Crippen molar-refractivity contribution in [3.63, 3.8) is 0 Å². The first-order valence-corrected chi connectivity index (χ1v) is 9.61. The lowest BCUT2D eigenvalue weighted by molar-refractivity contribution is -0.119. The molecule has 1 N–H and O–H groups in total. The first-order valence-electron chi connectivity index (χ1n) is 8.25. The van der Waals surface area contributed by atoms with Crippen molar-refractivity contribution in [1.29, 1.82) is 0 Å². The number of aliphatic hydroxyl groups is 1. The number of halogens is 1. The highest BCUT2D eigenvalue weighted by atomic mass is 35.5. The van der Waals surface area contributed by atoms with E-state index in [0.29, 0.717) is 38.3 Å². The van der Waals surface area contributed by atoms with Crippen LogP contribution in [0, 0.1) is 6.92 Å². The van der Waals surface area contributed by atoms with Gasteiger partial charge in [0, 0.05) is 10.8 Å². The fraction of sp³-hybridized carbons (Fsp3) is 0.200. The number of aryl methyl sites for hydroxylation is 1. The largest absolute Gasteiger partial charge is 0.497 e. The quantitative estimate of drug-likeness (QED) is 0.745. The predicted molar refractivity (Wildman–Crippen MR) is 108 cm³/mol. The number of hydrogen-bond donors (Lipinski definition) is 1. The smallest absolute Gasteiger partial charge is 0.272 e. The molecule has 7 heteroatoms. The lowest BCUT2D eigenvalue weighted by atomic mass is 10.1. The van der Waals surface area contributed by atoms with E-state index < -0.39 is 11.8 Å². The number of carbonyl (C=O) groups excluding carboxylic acids is 2. The summed E-state index contributed by atoms with van der Waals surface area (Å²) in [6.07, 6.45) is 0. The monoisotopic (exact) mass is 403 g/mol. The van der Waals surface area contributed by atoms with Crippen LogP contribution in [0.1, 0.15) is 11.1 Å². The summed E-state index contributed by atoms with van der Waals surface area (Å²) in [7, 11) is 1.56. The average Bonchev–Trinajstić information content (AvgIpc) is 2.92. The van der Waals surface area contributed by atoms with Crippen molar-refractivity contribution in [3.05, 3.63) is 63.5 Å². The number of hydrogen-bond acceptors (Lipinski definition) is 5. The van der Waals surface area contributed by atoms with Crippen molar-refractivity contribution in [2.75, 3.05) is 24.4 Å². The Balaban J connectivity index is 2.06. The van der Waals surface area contributed by atoms with Crippen LogP contribution in [0.4, 0.5) is 5.69 Å². The maximum atomic E-state index is 13.1. The van der Waals surface area contributed by atoms with Crippen molar-refractivity contribution in [2.24, 2.45) is 0 Å². The zero-order chi connectivity index (χ0) is 19.6. The molecule has 5 nitrogen and oxygen atoms in total. The normalized spacial score (nSPS) is 14.3. The number of aliphatic hydroxyl groups excluding tert-OH is 1. The summed E-state index contributed by atoms with van der Waals surface area (Å²) in [5, 5.41) is 9.65. The Morgan fingerprint density at radius 2 is 1.81 bits per heavy atom. The number of benzene rings is 2. The molecule has 0 aromatic heterocycles. The van der Waals surface area contributed by atoms with Crippen molar-refractivity contribution in [1.82, 2.24) is 0 Å². The molecule has 0 fully saturated rings. The minimum atomic E-state index is -0.413. The van der Waals surface area contributed by atoms with Crippen molar-refractivity contribution < 1.29 is 19.4 Å². The molecule has 3 rings (SSSR count). The van der Waals surface area contributed by atoms with Gasteiger partial charge in [-0.1, -0.05) is 29.8 Å². The summed E-state index contributed by atoms with van der Waals surface area (Å²) >= 11 is 7.35. The van der Waals surface area contributed by atoms with Crippen LogP contribution in [0.15, 0.2) is 47.4 Å². The Morgan fingerprint density at radius 3 is 2.41 bits per heavy atom. The Morgan fingerprint density at radius 1 is 1.11 bits per heavy atom. The van der Waals surface area contributed by atoms with Crippen LogP contribution in [0.5, 0.6) is 5.75 Å². The highest BCUT2D eigenvalue weighted by molar-refractivity contribution is 8.04. The number of carbonyl (C=O) groups is 2. The third-order valence-corrected chi connectivity index (χ3v) is 5.63. The Bertz CT molecular complexity index is 924. The molecule has 2 amide bonds. The van der Waals surface area contributed by atoms with Gasteiger partial charge in [-0.15, -0.1) is 11.8 Å². The maximum Gasteiger partial charge on any atom is 0.272 e. The van der Waals surface area contributed by atoms with Gasteiger partial charge in [0.2, 0.25) is 0 Å². The molecule has 0 radical (unpaired) electrons. The molecule has 0 bridgehead atoms. The molecule has 1 aliphatic rings. The van der Waals surface area contributed by atoms with Gasteiger partial charge in [0.25, 0.3) is 11.8 Å². The molecule has 0 saturated carbocycles. The molecule has 2 aromatic rings. The summed E-state index contributed by atoms with van der Waals surface area (Å²) in [6, 6.07) is 12.0. The van der Waals surface area contributed by atoms with Crippen LogP contribution in [0.3, 0.4) is 0 Å². The predicted octanol–water partition coefficient (Wildman–Crippen LogP) is 3.67. The molecule has 27 heavy (non-hydrogen) atoms. The molecule has 0 atom stereocenters. The van der Waals surface area contributed by atoms with E-state index in [-0.39, 0.29) is 6.61 Å². The van der Waals surface area contributed by atoms with Crippen LogP contribution >= 0.6 is 23.4 Å². The molecule has 0 aliphatic carbocycles. The van der Waals surface area contributed by atoms with Gasteiger partial charge in [-0.25, -0.2) is 4.90 Å². The summed E-state index contributed by atoms with van der Waals surface area (Å²) in [5.41, 5.74) is 2.22. The van der Waals surface area contributed by atoms with Gasteiger partial charge >= 0.3 is 0 Å². The topological polar surface area (TPSA) is 66.8 Å². The number of rotatable bonds is 6. The lowest BCUT2D eigenvalue weighted by Crippen LogP contribution is -2.31. The SMILES string of the molecule is COc1ccc(C2=C(SCCO)C(=O)N(c3ccc(C)c(Cl)c3)C2=O)cc1. The van der Waals surface area contributed by atoms with E-state index in [4.69, 9.17) is 21.4 Å². The zero-order valence-corrected chi connectivity index (χ0v) is 16.4. The first kappa shape index (κ1) is 19.5. The third kappa shape index (κ3) is 3.74. The molecule has 1 aliphatic heterocycles. The van der Waals surface area contributed by atoms with E-state index in [9.17, 15) is 9.59 Å². The van der Waals surface area contributed by atoms with E-state index in [1.807, 2.05) is 6.92 Å². The Labute approximate surface area is 166 Å². The van der Waals surface area contributed by atoms with Gasteiger partial charge < -0.3 is 9.84 Å². The number of anilines is 1. The number of ether oxygens (including phenoxy) is 1. The van der Waals surface area contributed by atoms with Gasteiger partial charge in [0.05, 0.1) is 29.9 Å². The van der Waals surface area contributed by atoms with Gasteiger partial charge in [-0.2, -0.15) is 0 Å². The fourth-order valence-corrected chi connectivity index (χ4v) is 3.79. The maximum absolute atomic E-state index is 13.1. The van der Waals surface area contributed by atoms with Crippen molar-refractivity contribution in [2.45, 2.75) is 6.92 Å². The minimum Gasteiger partial charge on any atom is -0.497 e. The molecule has 1 heterocycles. The molecular weight excluding hydrogens is 386 g/mol. The van der Waals surface area contributed by atoms with Crippen LogP contribution in [-0.4, -0.2) is 36.4 Å². The van der Waals surface area contributed by atoms with E-state index in [1.165, 1.54) is 11.8 Å². The molecule has 2 aromatic carbocycles. The fourth-order valence-electron chi connectivity index (χ4n) is 2.76. The minimum absolute atomic E-state index is 0.0953. The highest BCUT2D eigenvalue weighted by Gasteiger charge is 2.40. The van der Waals surface area contributed by atoms with E-state index in [0.717, 1.165) is 10.5 Å². The second kappa shape index (κ2) is 8.17. The number of imide groups is 1. The molecule has 0 spiro atoms. The molecule has 0 unspecified atom stereocenters. The highest BCUT2D eigenvalue weighted by Crippen LogP contribution is 2.39. The standard InChI is InChI=1S/C20H18ClNO4S/c1-12-3-6-14(11-16(12)21)22-19(24)17(18(20(22)25)27-10-9-23)13-4-7-15(26-2)8-5-13/h3-8,11,23H,9-10H2,1-2H3. The number of thioether (sulfide) groups is 1. The van der Waals surface area contributed by atoms with Crippen molar-refractivity contribution >= 4 is 46.4 Å². The van der Waals surface area contributed by atoms with E-state index in [2.05, 4.69) is 0 Å². The summed E-state index contributed by atoms with van der Waals surface area (Å²) in [5.74, 6) is 0.147. The van der Waals surface area contributed by atoms with E-state index >= 15 is 0 Å². The number of methoxy groups -OCH3 is 1. The van der Waals surface area contributed by atoms with Gasteiger partial charge in [-0.05, 0) is 42.3 Å². The summed E-state index contributed by atoms with van der Waals surface area (Å²) in [6.45, 7) is 1.76. The van der Waals surface area contributed by atoms with Gasteiger partial charge in [0.1, 0.15) is 5.75 Å². The average molecular weight is 404 g/mol. The summed E-state index contributed by atoms with van der Waals surface area (Å²) in [4.78, 5) is 27.6. The molecular formula is C20H18ClNO4S. The van der Waals surface area contributed by atoms with Crippen molar-refractivity contribution in [3.8, 4) is 5.75 Å². The third-order valence-electron chi connectivity index (χ3n) is 4.17. The second-order valence-electron chi connectivity index (χ2n) is 5.88.